The molecule has 1 aliphatic heterocycles. The number of nitrogens with one attached hydrogen (secondary N) is 1. The highest BCUT2D eigenvalue weighted by molar-refractivity contribution is 6.05. The molecule has 1 saturated heterocycles. The van der Waals surface area contributed by atoms with E-state index in [0.717, 1.165) is 0 Å². The molecule has 1 atom stereocenters. The normalized spacial score (nSPS) is 19.5. The largest absolute Gasteiger partial charge is 0.481 e. The first-order valence-electron chi connectivity index (χ1n) is 9.29. The van der Waals surface area contributed by atoms with Crippen LogP contribution in [0.4, 0.5) is 0 Å². The van der Waals surface area contributed by atoms with Crippen molar-refractivity contribution in [2.45, 2.75) is 46.6 Å². The molecule has 0 radical (unpaired) electrons. The number of carboxylic acids is 1. The van der Waals surface area contributed by atoms with E-state index in [-0.39, 0.29) is 42.1 Å². The molecule has 150 valence electrons. The Hall–Kier alpha value is -2.97. The molecule has 2 aromatic heterocycles. The van der Waals surface area contributed by atoms with Gasteiger partial charge in [-0.1, -0.05) is 13.8 Å². The molecule has 2 aromatic rings. The standard InChI is InChI=1S/C19H24N4O5/c1-5-23-14-13(15(24)21-18(23)28)11(8-12(20-14)10(2)3)16(25)22-7-6-19(4,9-22)17(26)27/h8,10H,5-7,9H2,1-4H3,(H,26,27)(H,21,24,28). The van der Waals surface area contributed by atoms with E-state index in [1.54, 1.807) is 19.9 Å². The molecule has 3 heterocycles. The lowest BCUT2D eigenvalue weighted by atomic mass is 9.90. The first-order valence-corrected chi connectivity index (χ1v) is 9.29. The predicted octanol–water partition coefficient (Wildman–Crippen LogP) is 1.16. The van der Waals surface area contributed by atoms with Gasteiger partial charge in [0.15, 0.2) is 5.65 Å². The maximum atomic E-state index is 13.2. The Morgan fingerprint density at radius 3 is 2.57 bits per heavy atom. The fourth-order valence-corrected chi connectivity index (χ4v) is 3.53. The van der Waals surface area contributed by atoms with Gasteiger partial charge >= 0.3 is 11.7 Å². The van der Waals surface area contributed by atoms with Gasteiger partial charge < -0.3 is 10.0 Å². The van der Waals surface area contributed by atoms with Crippen molar-refractivity contribution in [3.8, 4) is 0 Å². The van der Waals surface area contributed by atoms with Crippen LogP contribution in [0.15, 0.2) is 15.7 Å². The lowest BCUT2D eigenvalue weighted by molar-refractivity contribution is -0.147. The van der Waals surface area contributed by atoms with Gasteiger partial charge in [-0.3, -0.25) is 23.9 Å². The lowest BCUT2D eigenvalue weighted by Gasteiger charge is -2.21. The summed E-state index contributed by atoms with van der Waals surface area (Å²) in [6, 6.07) is 1.57. The molecule has 0 aliphatic carbocycles. The van der Waals surface area contributed by atoms with Crippen LogP contribution >= 0.6 is 0 Å². The molecule has 28 heavy (non-hydrogen) atoms. The Morgan fingerprint density at radius 2 is 2.04 bits per heavy atom. The number of pyridine rings is 1. The highest BCUT2D eigenvalue weighted by Crippen LogP contribution is 2.32. The van der Waals surface area contributed by atoms with E-state index >= 15 is 0 Å². The van der Waals surface area contributed by atoms with Gasteiger partial charge in [-0.25, -0.2) is 9.78 Å². The number of H-pyrrole nitrogens is 1. The fourth-order valence-electron chi connectivity index (χ4n) is 3.53. The van der Waals surface area contributed by atoms with Gasteiger partial charge in [0.2, 0.25) is 0 Å². The monoisotopic (exact) mass is 388 g/mol. The smallest absolute Gasteiger partial charge is 0.329 e. The Labute approximate surface area is 161 Å². The Balaban J connectivity index is 2.23. The van der Waals surface area contributed by atoms with E-state index in [1.165, 1.54) is 9.47 Å². The molecule has 2 N–H and O–H groups in total. The number of hydrogen-bond acceptors (Lipinski definition) is 5. The molecule has 0 saturated carbocycles. The van der Waals surface area contributed by atoms with Crippen molar-refractivity contribution < 1.29 is 14.7 Å². The third-order valence-electron chi connectivity index (χ3n) is 5.38. The van der Waals surface area contributed by atoms with Crippen molar-refractivity contribution in [1.29, 1.82) is 0 Å². The molecule has 1 fully saturated rings. The number of aliphatic carboxylic acids is 1. The average Bonchev–Trinajstić information content (AvgIpc) is 3.04. The number of aromatic nitrogens is 3. The highest BCUT2D eigenvalue weighted by Gasteiger charge is 2.42. The fraction of sp³-hybridized carbons (Fsp3) is 0.526. The summed E-state index contributed by atoms with van der Waals surface area (Å²) in [4.78, 5) is 57.7. The van der Waals surface area contributed by atoms with Crippen LogP contribution in [0, 0.1) is 5.41 Å². The van der Waals surface area contributed by atoms with E-state index in [1.807, 2.05) is 13.8 Å². The third kappa shape index (κ3) is 3.10. The second kappa shape index (κ2) is 6.88. The molecule has 3 rings (SSSR count). The number of hydrogen-bond donors (Lipinski definition) is 2. The summed E-state index contributed by atoms with van der Waals surface area (Å²) >= 11 is 0. The van der Waals surface area contributed by atoms with Gasteiger partial charge in [0.05, 0.1) is 16.4 Å². The molecular formula is C19H24N4O5. The number of aryl methyl sites for hydroxylation is 1. The van der Waals surface area contributed by atoms with Crippen LogP contribution in [-0.4, -0.2) is 49.5 Å². The first kappa shape index (κ1) is 19.8. The maximum Gasteiger partial charge on any atom is 0.329 e. The molecule has 9 heteroatoms. The Kier molecular flexibility index (Phi) is 4.86. The minimum absolute atomic E-state index is 0.0292. The van der Waals surface area contributed by atoms with Crippen molar-refractivity contribution in [3.05, 3.63) is 38.2 Å². The second-order valence-electron chi connectivity index (χ2n) is 7.79. The van der Waals surface area contributed by atoms with E-state index in [9.17, 15) is 24.3 Å². The Bertz CT molecular complexity index is 1080. The zero-order valence-corrected chi connectivity index (χ0v) is 16.4. The van der Waals surface area contributed by atoms with Crippen molar-refractivity contribution in [3.63, 3.8) is 0 Å². The number of likely N-dealkylation sites (tertiary alicyclic amines) is 1. The lowest BCUT2D eigenvalue weighted by Crippen LogP contribution is -2.36. The van der Waals surface area contributed by atoms with Crippen molar-refractivity contribution in [1.82, 2.24) is 19.4 Å². The van der Waals surface area contributed by atoms with Crippen LogP contribution in [0.1, 0.15) is 56.1 Å². The SMILES string of the molecule is CCn1c(=O)[nH]c(=O)c2c(C(=O)N3CCC(C)(C(=O)O)C3)cc(C(C)C)nc21. The van der Waals surface area contributed by atoms with Gasteiger partial charge in [0.25, 0.3) is 11.5 Å². The summed E-state index contributed by atoms with van der Waals surface area (Å²) in [7, 11) is 0. The van der Waals surface area contributed by atoms with Gasteiger partial charge in [0.1, 0.15) is 0 Å². The molecule has 9 nitrogen and oxygen atoms in total. The molecule has 0 bridgehead atoms. The number of nitrogens with zero attached hydrogens (tertiary/aromatic N) is 3. The van der Waals surface area contributed by atoms with E-state index in [2.05, 4.69) is 9.97 Å². The molecule has 1 aliphatic rings. The topological polar surface area (TPSA) is 125 Å². The Morgan fingerprint density at radius 1 is 1.36 bits per heavy atom. The van der Waals surface area contributed by atoms with Gasteiger partial charge in [0, 0.05) is 25.3 Å². The summed E-state index contributed by atoms with van der Waals surface area (Å²) < 4.78 is 1.32. The van der Waals surface area contributed by atoms with Gasteiger partial charge in [-0.2, -0.15) is 0 Å². The minimum Gasteiger partial charge on any atom is -0.481 e. The number of aromatic amines is 1. The summed E-state index contributed by atoms with van der Waals surface area (Å²) in [5.74, 6) is -1.41. The summed E-state index contributed by atoms with van der Waals surface area (Å²) in [6.45, 7) is 7.80. The van der Waals surface area contributed by atoms with Crippen LogP contribution in [0.5, 0.6) is 0 Å². The molecular weight excluding hydrogens is 364 g/mol. The van der Waals surface area contributed by atoms with Crippen molar-refractivity contribution in [2.75, 3.05) is 13.1 Å². The molecule has 1 amide bonds. The summed E-state index contributed by atoms with van der Waals surface area (Å²) in [5, 5.41) is 9.49. The molecule has 0 aromatic carbocycles. The van der Waals surface area contributed by atoms with Gasteiger partial charge in [-0.05, 0) is 32.3 Å². The second-order valence-corrected chi connectivity index (χ2v) is 7.79. The highest BCUT2D eigenvalue weighted by atomic mass is 16.4. The van der Waals surface area contributed by atoms with Crippen LogP contribution in [0.3, 0.4) is 0 Å². The quantitative estimate of drug-likeness (QED) is 0.810. The maximum absolute atomic E-state index is 13.2. The number of fused-ring (bicyclic) bond motifs is 1. The number of carbonyl (C=O) groups is 2. The zero-order valence-electron chi connectivity index (χ0n) is 16.4. The number of carbonyl (C=O) groups excluding carboxylic acids is 1. The zero-order chi connectivity index (χ0) is 20.8. The van der Waals surface area contributed by atoms with E-state index in [4.69, 9.17) is 0 Å². The minimum atomic E-state index is -1.02. The van der Waals surface area contributed by atoms with Crippen molar-refractivity contribution in [2.24, 2.45) is 5.41 Å². The molecule has 0 spiro atoms. The number of amides is 1. The summed E-state index contributed by atoms with van der Waals surface area (Å²) in [5.41, 5.74) is -1.36. The van der Waals surface area contributed by atoms with Crippen LogP contribution in [0.2, 0.25) is 0 Å². The predicted molar refractivity (Wildman–Crippen MR) is 103 cm³/mol. The number of rotatable bonds is 4. The number of carboxylic acid groups (broad SMARTS) is 1. The van der Waals surface area contributed by atoms with Crippen LogP contribution in [0.25, 0.3) is 11.0 Å². The average molecular weight is 388 g/mol. The molecule has 1 unspecified atom stereocenters. The summed E-state index contributed by atoms with van der Waals surface area (Å²) in [6.07, 6.45) is 0.337. The van der Waals surface area contributed by atoms with Gasteiger partial charge in [-0.15, -0.1) is 0 Å². The van der Waals surface area contributed by atoms with Crippen LogP contribution < -0.4 is 11.2 Å². The van der Waals surface area contributed by atoms with Crippen molar-refractivity contribution >= 4 is 22.9 Å². The van der Waals surface area contributed by atoms with E-state index in [0.29, 0.717) is 12.1 Å². The van der Waals surface area contributed by atoms with E-state index < -0.39 is 28.5 Å². The van der Waals surface area contributed by atoms with Crippen LogP contribution in [-0.2, 0) is 11.3 Å². The first-order chi connectivity index (χ1) is 13.1. The third-order valence-corrected chi connectivity index (χ3v) is 5.38.